The van der Waals surface area contributed by atoms with E-state index in [9.17, 15) is 4.79 Å². The van der Waals surface area contributed by atoms with Crippen molar-refractivity contribution in [2.75, 3.05) is 0 Å². The third-order valence-electron chi connectivity index (χ3n) is 6.19. The second kappa shape index (κ2) is 9.07. The number of carbonyl (C=O) groups excluding carboxylic acids is 1. The van der Waals surface area contributed by atoms with Crippen LogP contribution < -0.4 is 5.32 Å². The molecule has 0 aliphatic rings. The van der Waals surface area contributed by atoms with Crippen molar-refractivity contribution >= 4 is 28.0 Å². The minimum Gasteiger partial charge on any atom is -0.348 e. The standard InChI is InChI=1S/C28H23N7O/c1-2-35-27-22(17-32-35)21(14-24(33-27)20-8-4-3-5-9-20)28(36)30-16-19-12-13-26(29-15-19)34-18-31-23-10-6-7-11-25(23)34/h3-15,17-18H,2,16H2,1H3,(H,30,36). The Morgan fingerprint density at radius 1 is 0.944 bits per heavy atom. The van der Waals surface area contributed by atoms with Gasteiger partial charge in [-0.15, -0.1) is 0 Å². The molecule has 0 radical (unpaired) electrons. The van der Waals surface area contributed by atoms with E-state index in [4.69, 9.17) is 4.98 Å². The van der Waals surface area contributed by atoms with Gasteiger partial charge in [0.25, 0.3) is 5.91 Å². The predicted octanol–water partition coefficient (Wildman–Crippen LogP) is 4.78. The van der Waals surface area contributed by atoms with Crippen molar-refractivity contribution in [3.05, 3.63) is 103 Å². The second-order valence-corrected chi connectivity index (χ2v) is 8.43. The maximum atomic E-state index is 13.3. The molecule has 0 bridgehead atoms. The molecule has 176 valence electrons. The number of fused-ring (bicyclic) bond motifs is 2. The number of nitrogens with zero attached hydrogens (tertiary/aromatic N) is 6. The van der Waals surface area contributed by atoms with Gasteiger partial charge < -0.3 is 5.32 Å². The van der Waals surface area contributed by atoms with Gasteiger partial charge in [0, 0.05) is 24.8 Å². The Balaban J connectivity index is 1.25. The van der Waals surface area contributed by atoms with Gasteiger partial charge in [0.05, 0.1) is 33.9 Å². The first kappa shape index (κ1) is 21.7. The Labute approximate surface area is 207 Å². The summed E-state index contributed by atoms with van der Waals surface area (Å²) in [6.45, 7) is 3.02. The number of para-hydroxylation sites is 2. The summed E-state index contributed by atoms with van der Waals surface area (Å²) < 4.78 is 3.75. The van der Waals surface area contributed by atoms with Crippen LogP contribution in [0.3, 0.4) is 0 Å². The lowest BCUT2D eigenvalue weighted by atomic mass is 10.1. The van der Waals surface area contributed by atoms with E-state index in [1.807, 2.05) is 84.3 Å². The predicted molar refractivity (Wildman–Crippen MR) is 139 cm³/mol. The Bertz CT molecular complexity index is 1680. The number of rotatable bonds is 6. The van der Waals surface area contributed by atoms with Crippen molar-refractivity contribution in [3.63, 3.8) is 0 Å². The quantitative estimate of drug-likeness (QED) is 0.376. The smallest absolute Gasteiger partial charge is 0.252 e. The van der Waals surface area contributed by atoms with Crippen LogP contribution in [0.1, 0.15) is 22.8 Å². The van der Waals surface area contributed by atoms with Crippen LogP contribution in [0.4, 0.5) is 0 Å². The van der Waals surface area contributed by atoms with Gasteiger partial charge in [0.2, 0.25) is 0 Å². The molecule has 1 amide bonds. The molecule has 6 rings (SSSR count). The molecule has 0 saturated carbocycles. The second-order valence-electron chi connectivity index (χ2n) is 8.43. The summed E-state index contributed by atoms with van der Waals surface area (Å²) in [4.78, 5) is 27.1. The SMILES string of the molecule is CCn1ncc2c(C(=O)NCc3ccc(-n4cnc5ccccc54)nc3)cc(-c3ccccc3)nc21. The highest BCUT2D eigenvalue weighted by molar-refractivity contribution is 6.06. The Morgan fingerprint density at radius 2 is 1.78 bits per heavy atom. The van der Waals surface area contributed by atoms with Gasteiger partial charge in [-0.1, -0.05) is 48.5 Å². The van der Waals surface area contributed by atoms with E-state index in [0.717, 1.165) is 39.1 Å². The number of aromatic nitrogens is 6. The number of amides is 1. The van der Waals surface area contributed by atoms with E-state index in [1.165, 1.54) is 0 Å². The average Bonchev–Trinajstić information content (AvgIpc) is 3.56. The number of pyridine rings is 2. The summed E-state index contributed by atoms with van der Waals surface area (Å²) in [5.74, 6) is 0.592. The molecule has 0 aliphatic carbocycles. The van der Waals surface area contributed by atoms with E-state index in [-0.39, 0.29) is 5.91 Å². The van der Waals surface area contributed by atoms with Gasteiger partial charge in [-0.05, 0) is 36.8 Å². The molecular formula is C28H23N7O. The van der Waals surface area contributed by atoms with Crippen LogP contribution in [0.15, 0.2) is 91.5 Å². The number of carbonyl (C=O) groups is 1. The molecule has 36 heavy (non-hydrogen) atoms. The lowest BCUT2D eigenvalue weighted by Gasteiger charge is -2.10. The Kier molecular flexibility index (Phi) is 5.46. The van der Waals surface area contributed by atoms with Crippen LogP contribution >= 0.6 is 0 Å². The van der Waals surface area contributed by atoms with Gasteiger partial charge in [0.15, 0.2) is 5.65 Å². The molecular weight excluding hydrogens is 450 g/mol. The first-order chi connectivity index (χ1) is 17.7. The molecule has 0 fully saturated rings. The molecule has 4 heterocycles. The van der Waals surface area contributed by atoms with Crippen LogP contribution in [-0.4, -0.2) is 35.2 Å². The highest BCUT2D eigenvalue weighted by atomic mass is 16.1. The minimum atomic E-state index is -0.181. The van der Waals surface area contributed by atoms with E-state index >= 15 is 0 Å². The van der Waals surface area contributed by atoms with E-state index in [2.05, 4.69) is 20.4 Å². The Hall–Kier alpha value is -4.85. The number of nitrogens with one attached hydrogen (secondary N) is 1. The highest BCUT2D eigenvalue weighted by Gasteiger charge is 2.17. The van der Waals surface area contributed by atoms with Gasteiger partial charge in [-0.25, -0.2) is 19.6 Å². The first-order valence-electron chi connectivity index (χ1n) is 11.8. The number of benzene rings is 2. The molecule has 0 atom stereocenters. The third kappa shape index (κ3) is 3.88. The van der Waals surface area contributed by atoms with Crippen molar-refractivity contribution in [1.82, 2.24) is 34.6 Å². The molecule has 4 aromatic heterocycles. The number of hydrogen-bond acceptors (Lipinski definition) is 5. The van der Waals surface area contributed by atoms with Crippen molar-refractivity contribution in [1.29, 1.82) is 0 Å². The highest BCUT2D eigenvalue weighted by Crippen LogP contribution is 2.25. The minimum absolute atomic E-state index is 0.181. The summed E-state index contributed by atoms with van der Waals surface area (Å²) in [6.07, 6.45) is 5.25. The van der Waals surface area contributed by atoms with Crippen LogP contribution in [0.2, 0.25) is 0 Å². The largest absolute Gasteiger partial charge is 0.348 e. The number of imidazole rings is 1. The lowest BCUT2D eigenvalue weighted by Crippen LogP contribution is -2.23. The van der Waals surface area contributed by atoms with Crippen molar-refractivity contribution < 1.29 is 4.79 Å². The zero-order chi connectivity index (χ0) is 24.5. The lowest BCUT2D eigenvalue weighted by molar-refractivity contribution is 0.0952. The summed E-state index contributed by atoms with van der Waals surface area (Å²) in [5, 5.41) is 8.19. The normalized spacial score (nSPS) is 11.2. The maximum absolute atomic E-state index is 13.3. The fourth-order valence-electron chi connectivity index (χ4n) is 4.31. The van der Waals surface area contributed by atoms with E-state index in [0.29, 0.717) is 24.3 Å². The van der Waals surface area contributed by atoms with Crippen LogP contribution in [0.25, 0.3) is 39.1 Å². The fourth-order valence-corrected chi connectivity index (χ4v) is 4.31. The topological polar surface area (TPSA) is 90.5 Å². The summed E-state index contributed by atoms with van der Waals surface area (Å²) in [7, 11) is 0. The van der Waals surface area contributed by atoms with Gasteiger partial charge in [-0.2, -0.15) is 5.10 Å². The summed E-state index contributed by atoms with van der Waals surface area (Å²) in [5.41, 5.74) is 5.74. The molecule has 0 saturated heterocycles. The molecule has 2 aromatic carbocycles. The van der Waals surface area contributed by atoms with Crippen molar-refractivity contribution in [2.24, 2.45) is 0 Å². The fraction of sp³-hybridized carbons (Fsp3) is 0.107. The van der Waals surface area contributed by atoms with E-state index in [1.54, 1.807) is 23.4 Å². The summed E-state index contributed by atoms with van der Waals surface area (Å²) >= 11 is 0. The van der Waals surface area contributed by atoms with Crippen LogP contribution in [0, 0.1) is 0 Å². The van der Waals surface area contributed by atoms with Crippen LogP contribution in [-0.2, 0) is 13.1 Å². The molecule has 8 heteroatoms. The number of hydrogen-bond donors (Lipinski definition) is 1. The van der Waals surface area contributed by atoms with Crippen molar-refractivity contribution in [2.45, 2.75) is 20.0 Å². The zero-order valence-corrected chi connectivity index (χ0v) is 19.7. The monoisotopic (exact) mass is 473 g/mol. The van der Waals surface area contributed by atoms with Crippen LogP contribution in [0.5, 0.6) is 0 Å². The van der Waals surface area contributed by atoms with Crippen molar-refractivity contribution in [3.8, 4) is 17.1 Å². The average molecular weight is 474 g/mol. The van der Waals surface area contributed by atoms with Gasteiger partial charge in [-0.3, -0.25) is 9.36 Å². The summed E-state index contributed by atoms with van der Waals surface area (Å²) in [6, 6.07) is 23.5. The van der Waals surface area contributed by atoms with Gasteiger partial charge in [0.1, 0.15) is 12.1 Å². The molecule has 0 unspecified atom stereocenters. The number of aryl methyl sites for hydroxylation is 1. The molecule has 6 aromatic rings. The maximum Gasteiger partial charge on any atom is 0.252 e. The molecule has 0 spiro atoms. The van der Waals surface area contributed by atoms with Gasteiger partial charge >= 0.3 is 0 Å². The zero-order valence-electron chi connectivity index (χ0n) is 19.7. The molecule has 8 nitrogen and oxygen atoms in total. The third-order valence-corrected chi connectivity index (χ3v) is 6.19. The Morgan fingerprint density at radius 3 is 2.58 bits per heavy atom. The molecule has 1 N–H and O–H groups in total. The molecule has 0 aliphatic heterocycles. The van der Waals surface area contributed by atoms with E-state index < -0.39 is 0 Å². The first-order valence-corrected chi connectivity index (χ1v) is 11.8.